The van der Waals surface area contributed by atoms with Crippen molar-refractivity contribution >= 4 is 33.1 Å². The number of rotatable bonds is 2. The van der Waals surface area contributed by atoms with Gasteiger partial charge in [-0.15, -0.1) is 0 Å². The van der Waals surface area contributed by atoms with Crippen molar-refractivity contribution in [2.45, 2.75) is 42.7 Å². The molecule has 1 aromatic carbocycles. The summed E-state index contributed by atoms with van der Waals surface area (Å²) < 4.78 is 26.1. The lowest BCUT2D eigenvalue weighted by Crippen LogP contribution is -2.27. The van der Waals surface area contributed by atoms with Gasteiger partial charge in [0.25, 0.3) is 0 Å². The van der Waals surface area contributed by atoms with Gasteiger partial charge in [0.05, 0.1) is 28.1 Å². The Hall–Kier alpha value is -1.18. The molecule has 2 atom stereocenters. The smallest absolute Gasteiger partial charge is 0.178 e. The van der Waals surface area contributed by atoms with Gasteiger partial charge in [0.2, 0.25) is 0 Å². The number of fused-ring (bicyclic) bond motifs is 1. The summed E-state index contributed by atoms with van der Waals surface area (Å²) in [4.78, 5) is 3.25. The molecule has 5 nitrogen and oxygen atoms in total. The van der Waals surface area contributed by atoms with Crippen molar-refractivity contribution in [1.29, 1.82) is 0 Å². The molecule has 2 aromatic rings. The summed E-state index contributed by atoms with van der Waals surface area (Å²) in [6.45, 7) is 0. The van der Waals surface area contributed by atoms with E-state index in [1.165, 1.54) is 6.26 Å². The number of para-hydroxylation sites is 1. The summed E-state index contributed by atoms with van der Waals surface area (Å²) >= 11 is 5.37. The SMILES string of the molecule is CS(=O)(=O)c1cccc2c1[nH]c(=S)n2C1CCCCC1O. The average Bonchev–Trinajstić information content (AvgIpc) is 2.74. The molecule has 0 bridgehead atoms. The van der Waals surface area contributed by atoms with Gasteiger partial charge in [0.15, 0.2) is 14.6 Å². The fourth-order valence-corrected chi connectivity index (χ4v) is 4.34. The minimum absolute atomic E-state index is 0.0881. The number of sulfone groups is 1. The molecule has 0 radical (unpaired) electrons. The second kappa shape index (κ2) is 5.23. The van der Waals surface area contributed by atoms with Crippen LogP contribution in [0.25, 0.3) is 11.0 Å². The van der Waals surface area contributed by atoms with Crippen LogP contribution >= 0.6 is 12.2 Å². The number of nitrogens with one attached hydrogen (secondary N) is 1. The molecule has 2 unspecified atom stereocenters. The zero-order valence-electron chi connectivity index (χ0n) is 11.7. The van der Waals surface area contributed by atoms with E-state index in [1.54, 1.807) is 12.1 Å². The highest BCUT2D eigenvalue weighted by Gasteiger charge is 2.27. The summed E-state index contributed by atoms with van der Waals surface area (Å²) in [5, 5.41) is 10.3. The number of aliphatic hydroxyl groups is 1. The lowest BCUT2D eigenvalue weighted by molar-refractivity contribution is 0.0767. The second-order valence-electron chi connectivity index (χ2n) is 5.64. The Kier molecular flexibility index (Phi) is 3.67. The van der Waals surface area contributed by atoms with Gasteiger partial charge in [0.1, 0.15) is 0 Å². The molecule has 1 fully saturated rings. The van der Waals surface area contributed by atoms with Gasteiger partial charge in [-0.1, -0.05) is 18.9 Å². The van der Waals surface area contributed by atoms with Crippen molar-refractivity contribution < 1.29 is 13.5 Å². The van der Waals surface area contributed by atoms with Crippen LogP contribution in [-0.2, 0) is 9.84 Å². The predicted octanol–water partition coefficient (Wildman–Crippen LogP) is 2.58. The third kappa shape index (κ3) is 2.54. The van der Waals surface area contributed by atoms with Gasteiger partial charge < -0.3 is 14.7 Å². The first-order chi connectivity index (χ1) is 9.89. The largest absolute Gasteiger partial charge is 0.391 e. The van der Waals surface area contributed by atoms with Crippen LogP contribution in [0, 0.1) is 4.77 Å². The quantitative estimate of drug-likeness (QED) is 0.832. The third-order valence-corrected chi connectivity index (χ3v) is 5.58. The highest BCUT2D eigenvalue weighted by atomic mass is 32.2. The molecule has 1 heterocycles. The second-order valence-corrected chi connectivity index (χ2v) is 8.01. The van der Waals surface area contributed by atoms with Crippen molar-refractivity contribution in [1.82, 2.24) is 9.55 Å². The van der Waals surface area contributed by atoms with Crippen LogP contribution in [0.4, 0.5) is 0 Å². The highest BCUT2D eigenvalue weighted by molar-refractivity contribution is 7.91. The monoisotopic (exact) mass is 326 g/mol. The number of imidazole rings is 1. The van der Waals surface area contributed by atoms with Gasteiger partial charge in [-0.05, 0) is 37.2 Å². The molecule has 2 N–H and O–H groups in total. The summed E-state index contributed by atoms with van der Waals surface area (Å²) in [5.41, 5.74) is 1.27. The van der Waals surface area contributed by atoms with Gasteiger partial charge >= 0.3 is 0 Å². The maximum absolute atomic E-state index is 11.9. The topological polar surface area (TPSA) is 75.1 Å². The molecule has 7 heteroatoms. The number of aliphatic hydroxyl groups excluding tert-OH is 1. The Morgan fingerprint density at radius 2 is 2.05 bits per heavy atom. The van der Waals surface area contributed by atoms with E-state index in [4.69, 9.17) is 12.2 Å². The first-order valence-corrected chi connectivity index (χ1v) is 9.31. The van der Waals surface area contributed by atoms with E-state index < -0.39 is 15.9 Å². The van der Waals surface area contributed by atoms with Crippen molar-refractivity contribution in [3.63, 3.8) is 0 Å². The summed E-state index contributed by atoms with van der Waals surface area (Å²) in [7, 11) is -3.33. The molecule has 1 aliphatic carbocycles. The van der Waals surface area contributed by atoms with Crippen molar-refractivity contribution in [2.24, 2.45) is 0 Å². The molecule has 0 aliphatic heterocycles. The van der Waals surface area contributed by atoms with E-state index in [9.17, 15) is 13.5 Å². The molecule has 3 rings (SSSR count). The minimum Gasteiger partial charge on any atom is -0.391 e. The summed E-state index contributed by atoms with van der Waals surface area (Å²) in [6.07, 6.45) is 4.41. The van der Waals surface area contributed by atoms with Gasteiger partial charge in [-0.25, -0.2) is 8.42 Å². The van der Waals surface area contributed by atoms with Crippen LogP contribution in [0.5, 0.6) is 0 Å². The summed E-state index contributed by atoms with van der Waals surface area (Å²) in [6, 6.07) is 5.05. The van der Waals surface area contributed by atoms with Gasteiger partial charge in [-0.3, -0.25) is 0 Å². The van der Waals surface area contributed by atoms with Crippen LogP contribution in [-0.4, -0.2) is 35.4 Å². The lowest BCUT2D eigenvalue weighted by atomic mass is 9.92. The molecule has 21 heavy (non-hydrogen) atoms. The van der Waals surface area contributed by atoms with E-state index >= 15 is 0 Å². The Bertz CT molecular complexity index is 836. The Morgan fingerprint density at radius 1 is 1.33 bits per heavy atom. The number of aromatic amines is 1. The molecule has 1 aliphatic rings. The molecular formula is C14H18N2O3S2. The predicted molar refractivity (Wildman–Crippen MR) is 83.7 cm³/mol. The number of hydrogen-bond donors (Lipinski definition) is 2. The van der Waals surface area contributed by atoms with Gasteiger partial charge in [0, 0.05) is 6.26 Å². The molecule has 0 saturated heterocycles. The number of benzene rings is 1. The number of H-pyrrole nitrogens is 1. The maximum atomic E-state index is 11.9. The van der Waals surface area contributed by atoms with Crippen LogP contribution in [0.2, 0.25) is 0 Å². The zero-order chi connectivity index (χ0) is 15.2. The van der Waals surface area contributed by atoms with E-state index in [1.807, 2.05) is 10.6 Å². The van der Waals surface area contributed by atoms with Crippen molar-refractivity contribution in [2.75, 3.05) is 6.26 Å². The highest BCUT2D eigenvalue weighted by Crippen LogP contribution is 2.33. The van der Waals surface area contributed by atoms with Crippen LogP contribution in [0.3, 0.4) is 0 Å². The zero-order valence-corrected chi connectivity index (χ0v) is 13.4. The molecule has 0 amide bonds. The van der Waals surface area contributed by atoms with E-state index in [0.29, 0.717) is 10.3 Å². The van der Waals surface area contributed by atoms with Crippen LogP contribution in [0.15, 0.2) is 23.1 Å². The lowest BCUT2D eigenvalue weighted by Gasteiger charge is -2.29. The fraction of sp³-hybridized carbons (Fsp3) is 0.500. The van der Waals surface area contributed by atoms with Crippen molar-refractivity contribution in [3.8, 4) is 0 Å². The van der Waals surface area contributed by atoms with Crippen LogP contribution < -0.4 is 0 Å². The molecule has 1 saturated carbocycles. The average molecular weight is 326 g/mol. The van der Waals surface area contributed by atoms with E-state index in [-0.39, 0.29) is 10.9 Å². The Morgan fingerprint density at radius 3 is 2.71 bits per heavy atom. The molecular weight excluding hydrogens is 308 g/mol. The van der Waals surface area contributed by atoms with Crippen molar-refractivity contribution in [3.05, 3.63) is 23.0 Å². The third-order valence-electron chi connectivity index (χ3n) is 4.14. The number of aromatic nitrogens is 2. The maximum Gasteiger partial charge on any atom is 0.178 e. The standard InChI is InChI=1S/C14H18N2O3S2/c1-21(18,19)12-8-4-6-10-13(12)15-14(20)16(10)9-5-2-3-7-11(9)17/h4,6,8-9,11,17H,2-3,5,7H2,1H3,(H,15,20). The first-order valence-electron chi connectivity index (χ1n) is 7.01. The minimum atomic E-state index is -3.33. The normalized spacial score (nSPS) is 23.5. The van der Waals surface area contributed by atoms with Crippen LogP contribution in [0.1, 0.15) is 31.7 Å². The van der Waals surface area contributed by atoms with E-state index in [2.05, 4.69) is 4.98 Å². The number of nitrogens with zero attached hydrogens (tertiary/aromatic N) is 1. The van der Waals surface area contributed by atoms with Gasteiger partial charge in [-0.2, -0.15) is 0 Å². The molecule has 1 aromatic heterocycles. The summed E-state index contributed by atoms with van der Waals surface area (Å²) in [5.74, 6) is 0. The molecule has 0 spiro atoms. The Labute approximate surface area is 128 Å². The number of hydrogen-bond acceptors (Lipinski definition) is 4. The first kappa shape index (κ1) is 14.7. The van der Waals surface area contributed by atoms with E-state index in [0.717, 1.165) is 31.2 Å². The Balaban J connectivity index is 2.26. The fourth-order valence-electron chi connectivity index (χ4n) is 3.15. The molecule has 114 valence electrons.